The number of benzene rings is 3. The number of para-hydroxylation sites is 1. The first-order valence-electron chi connectivity index (χ1n) is 12.5. The lowest BCUT2D eigenvalue weighted by molar-refractivity contribution is -0.117. The molecule has 0 aliphatic carbocycles. The molecule has 0 radical (unpaired) electrons. The molecule has 1 amide bonds. The Morgan fingerprint density at radius 3 is 2.85 bits per heavy atom. The van der Waals surface area contributed by atoms with Crippen LogP contribution in [0.15, 0.2) is 70.8 Å². The largest absolute Gasteiger partial charge is 0.490 e. The molecule has 5 rings (SSSR count). The second-order valence-electron chi connectivity index (χ2n) is 8.77. The summed E-state index contributed by atoms with van der Waals surface area (Å²) < 4.78 is 23.3. The van der Waals surface area contributed by atoms with Gasteiger partial charge in [0.1, 0.15) is 18.2 Å². The normalized spacial score (nSPS) is 12.3. The third-order valence-corrected chi connectivity index (χ3v) is 6.77. The molecule has 1 aliphatic rings. The van der Waals surface area contributed by atoms with Crippen LogP contribution in [0, 0.1) is 11.3 Å². The first-order valence-corrected chi connectivity index (χ1v) is 13.3. The Balaban J connectivity index is 1.27. The number of nitrogens with one attached hydrogen (secondary N) is 2. The van der Waals surface area contributed by atoms with Crippen LogP contribution in [0.1, 0.15) is 23.6 Å². The van der Waals surface area contributed by atoms with Gasteiger partial charge < -0.3 is 29.2 Å². The number of nitriles is 1. The molecular weight excluding hydrogens is 562 g/mol. The molecule has 198 valence electrons. The summed E-state index contributed by atoms with van der Waals surface area (Å²) in [6, 6.07) is 19.2. The van der Waals surface area contributed by atoms with Crippen LogP contribution < -0.4 is 24.3 Å². The Kier molecular flexibility index (Phi) is 8.04. The minimum Gasteiger partial charge on any atom is -0.490 e. The second-order valence-corrected chi connectivity index (χ2v) is 9.63. The lowest BCUT2D eigenvalue weighted by atomic mass is 10.1. The van der Waals surface area contributed by atoms with Gasteiger partial charge in [-0.15, -0.1) is 0 Å². The zero-order chi connectivity index (χ0) is 27.2. The average Bonchev–Trinajstić information content (AvgIpc) is 3.58. The number of hydrogen-bond donors (Lipinski definition) is 2. The van der Waals surface area contributed by atoms with E-state index in [1.165, 1.54) is 6.08 Å². The van der Waals surface area contributed by atoms with Crippen LogP contribution in [0.5, 0.6) is 23.0 Å². The van der Waals surface area contributed by atoms with Crippen molar-refractivity contribution in [3.63, 3.8) is 0 Å². The summed E-state index contributed by atoms with van der Waals surface area (Å²) in [6.07, 6.45) is 4.13. The number of ether oxygens (including phenoxy) is 4. The third-order valence-electron chi connectivity index (χ3n) is 6.18. The van der Waals surface area contributed by atoms with E-state index < -0.39 is 5.91 Å². The van der Waals surface area contributed by atoms with Crippen molar-refractivity contribution in [3.05, 3.63) is 87.5 Å². The molecule has 3 aromatic carbocycles. The van der Waals surface area contributed by atoms with Crippen molar-refractivity contribution < 1.29 is 23.7 Å². The number of rotatable bonds is 10. The van der Waals surface area contributed by atoms with Gasteiger partial charge >= 0.3 is 0 Å². The highest BCUT2D eigenvalue weighted by atomic mass is 79.9. The van der Waals surface area contributed by atoms with E-state index in [1.807, 2.05) is 61.7 Å². The summed E-state index contributed by atoms with van der Waals surface area (Å²) in [6.45, 7) is 3.19. The Morgan fingerprint density at radius 1 is 1.15 bits per heavy atom. The van der Waals surface area contributed by atoms with Gasteiger partial charge in [-0.25, -0.2) is 0 Å². The predicted molar refractivity (Wildman–Crippen MR) is 151 cm³/mol. The predicted octanol–water partition coefficient (Wildman–Crippen LogP) is 5.90. The van der Waals surface area contributed by atoms with E-state index in [0.717, 1.165) is 22.0 Å². The average molecular weight is 588 g/mol. The van der Waals surface area contributed by atoms with Gasteiger partial charge in [0.15, 0.2) is 23.0 Å². The lowest BCUT2D eigenvalue weighted by Crippen LogP contribution is -2.26. The first-order chi connectivity index (χ1) is 19.1. The van der Waals surface area contributed by atoms with Crippen LogP contribution in [0.25, 0.3) is 17.0 Å². The van der Waals surface area contributed by atoms with E-state index in [1.54, 1.807) is 12.1 Å². The van der Waals surface area contributed by atoms with Crippen molar-refractivity contribution in [2.75, 3.05) is 19.9 Å². The molecule has 0 spiro atoms. The summed E-state index contributed by atoms with van der Waals surface area (Å²) in [5.74, 6) is 1.98. The molecule has 0 unspecified atom stereocenters. The number of amides is 1. The van der Waals surface area contributed by atoms with E-state index in [9.17, 15) is 10.1 Å². The Morgan fingerprint density at radius 2 is 2.00 bits per heavy atom. The molecule has 1 aliphatic heterocycles. The molecule has 0 saturated carbocycles. The Labute approximate surface area is 234 Å². The number of hydrogen-bond acceptors (Lipinski definition) is 6. The monoisotopic (exact) mass is 587 g/mol. The highest BCUT2D eigenvalue weighted by Crippen LogP contribution is 2.39. The maximum atomic E-state index is 12.8. The van der Waals surface area contributed by atoms with Crippen LogP contribution in [-0.4, -0.2) is 30.8 Å². The van der Waals surface area contributed by atoms with Gasteiger partial charge in [-0.3, -0.25) is 4.79 Å². The van der Waals surface area contributed by atoms with E-state index in [4.69, 9.17) is 18.9 Å². The molecule has 39 heavy (non-hydrogen) atoms. The summed E-state index contributed by atoms with van der Waals surface area (Å²) >= 11 is 3.56. The smallest absolute Gasteiger partial charge is 0.261 e. The zero-order valence-electron chi connectivity index (χ0n) is 21.3. The van der Waals surface area contributed by atoms with E-state index in [2.05, 4.69) is 26.2 Å². The van der Waals surface area contributed by atoms with Crippen LogP contribution in [0.2, 0.25) is 0 Å². The number of halogens is 1. The van der Waals surface area contributed by atoms with Crippen LogP contribution in [-0.2, 0) is 17.8 Å². The number of aromatic amines is 1. The summed E-state index contributed by atoms with van der Waals surface area (Å²) in [5, 5.41) is 13.7. The fourth-order valence-electron chi connectivity index (χ4n) is 4.32. The van der Waals surface area contributed by atoms with Gasteiger partial charge in [0, 0.05) is 23.6 Å². The SMILES string of the molecule is CCOc1cc(/C=C(/C#N)C(=O)NCCc2c[nH]c3ccccc23)cc(Br)c1OCc1ccc2c(c1)OCO2. The molecule has 2 heterocycles. The van der Waals surface area contributed by atoms with Gasteiger partial charge in [0.25, 0.3) is 5.91 Å². The minimum atomic E-state index is -0.436. The first kappa shape index (κ1) is 26.2. The van der Waals surface area contributed by atoms with Gasteiger partial charge in [0.05, 0.1) is 11.1 Å². The molecule has 2 N–H and O–H groups in total. The van der Waals surface area contributed by atoms with Crippen molar-refractivity contribution in [1.29, 1.82) is 5.26 Å². The molecule has 0 saturated heterocycles. The number of carbonyl (C=O) groups is 1. The van der Waals surface area contributed by atoms with Gasteiger partial charge in [-0.05, 0) is 82.4 Å². The van der Waals surface area contributed by atoms with E-state index in [0.29, 0.717) is 52.6 Å². The van der Waals surface area contributed by atoms with Gasteiger partial charge in [-0.1, -0.05) is 24.3 Å². The zero-order valence-corrected chi connectivity index (χ0v) is 22.8. The molecule has 0 bridgehead atoms. The summed E-state index contributed by atoms with van der Waals surface area (Å²) in [4.78, 5) is 16.0. The Hall–Kier alpha value is -4.42. The van der Waals surface area contributed by atoms with Gasteiger partial charge in [-0.2, -0.15) is 5.26 Å². The van der Waals surface area contributed by atoms with E-state index >= 15 is 0 Å². The minimum absolute atomic E-state index is 0.00250. The quantitative estimate of drug-likeness (QED) is 0.177. The highest BCUT2D eigenvalue weighted by Gasteiger charge is 2.17. The van der Waals surface area contributed by atoms with Crippen molar-refractivity contribution in [2.45, 2.75) is 20.0 Å². The number of H-pyrrole nitrogens is 1. The Bertz CT molecular complexity index is 1590. The molecule has 9 heteroatoms. The summed E-state index contributed by atoms with van der Waals surface area (Å²) in [7, 11) is 0. The standard InChI is InChI=1S/C30H26BrN3O5/c1-2-36-28-14-20(12-24(31)29(28)37-17-19-7-8-26-27(13-19)39-18-38-26)11-22(15-32)30(35)33-10-9-21-16-34-25-6-4-3-5-23(21)25/h3-8,11-14,16,34H,2,9-10,17-18H2,1H3,(H,33,35)/b22-11-. The molecule has 8 nitrogen and oxygen atoms in total. The van der Waals surface area contributed by atoms with Gasteiger partial charge in [0.2, 0.25) is 6.79 Å². The van der Waals surface area contributed by atoms with Crippen molar-refractivity contribution in [2.24, 2.45) is 0 Å². The number of nitrogens with zero attached hydrogens (tertiary/aromatic N) is 1. The molecule has 4 aromatic rings. The molecule has 0 fully saturated rings. The molecule has 1 aromatic heterocycles. The lowest BCUT2D eigenvalue weighted by Gasteiger charge is -2.15. The number of fused-ring (bicyclic) bond motifs is 2. The fourth-order valence-corrected chi connectivity index (χ4v) is 4.89. The molecular formula is C30H26BrN3O5. The van der Waals surface area contributed by atoms with Crippen LogP contribution in [0.3, 0.4) is 0 Å². The number of carbonyl (C=O) groups excluding carboxylic acids is 1. The van der Waals surface area contributed by atoms with Crippen molar-refractivity contribution in [1.82, 2.24) is 10.3 Å². The maximum absolute atomic E-state index is 12.8. The van der Waals surface area contributed by atoms with Crippen LogP contribution in [0.4, 0.5) is 0 Å². The highest BCUT2D eigenvalue weighted by molar-refractivity contribution is 9.10. The number of aromatic nitrogens is 1. The van der Waals surface area contributed by atoms with Crippen molar-refractivity contribution >= 4 is 38.8 Å². The van der Waals surface area contributed by atoms with E-state index in [-0.39, 0.29) is 19.0 Å². The summed E-state index contributed by atoms with van der Waals surface area (Å²) in [5.41, 5.74) is 3.69. The maximum Gasteiger partial charge on any atom is 0.261 e. The van der Waals surface area contributed by atoms with Crippen LogP contribution >= 0.6 is 15.9 Å². The molecule has 0 atom stereocenters. The van der Waals surface area contributed by atoms with Crippen molar-refractivity contribution in [3.8, 4) is 29.1 Å². The third kappa shape index (κ3) is 6.02. The fraction of sp³-hybridized carbons (Fsp3) is 0.200. The topological polar surface area (TPSA) is 106 Å². The second kappa shape index (κ2) is 12.0.